The Labute approximate surface area is 182 Å². The molecule has 0 saturated carbocycles. The number of carbonyl (C=O) groups is 2. The van der Waals surface area contributed by atoms with Crippen molar-refractivity contribution in [2.24, 2.45) is 0 Å². The number of amides is 2. The highest BCUT2D eigenvalue weighted by Gasteiger charge is 2.31. The number of hydrogen-bond donors (Lipinski definition) is 1. The van der Waals surface area contributed by atoms with E-state index in [4.69, 9.17) is 9.47 Å². The van der Waals surface area contributed by atoms with Gasteiger partial charge in [-0.2, -0.15) is 0 Å². The molecular weight excluding hydrogens is 394 g/mol. The lowest BCUT2D eigenvalue weighted by Crippen LogP contribution is -2.35. The number of benzene rings is 2. The lowest BCUT2D eigenvalue weighted by Gasteiger charge is -2.28. The quantitative estimate of drug-likeness (QED) is 0.720. The first kappa shape index (κ1) is 21.0. The summed E-state index contributed by atoms with van der Waals surface area (Å²) < 4.78 is 10.2. The topological polar surface area (TPSA) is 71.1 Å². The second-order valence-corrected chi connectivity index (χ2v) is 7.98. The van der Waals surface area contributed by atoms with Crippen LogP contribution in [0.2, 0.25) is 0 Å². The molecule has 0 spiro atoms. The van der Waals surface area contributed by atoms with Gasteiger partial charge in [0.1, 0.15) is 5.75 Å². The number of anilines is 2. The van der Waals surface area contributed by atoms with Crippen LogP contribution < -0.4 is 15.0 Å². The minimum absolute atomic E-state index is 0.00544. The summed E-state index contributed by atoms with van der Waals surface area (Å²) in [4.78, 5) is 29.5. The summed E-state index contributed by atoms with van der Waals surface area (Å²) in [5.74, 6) is 0.366. The van der Waals surface area contributed by atoms with Crippen molar-refractivity contribution in [2.45, 2.75) is 31.7 Å². The molecule has 2 heterocycles. The van der Waals surface area contributed by atoms with Crippen molar-refractivity contribution >= 4 is 23.4 Å². The van der Waals surface area contributed by atoms with Crippen LogP contribution in [0.5, 0.6) is 5.75 Å². The summed E-state index contributed by atoms with van der Waals surface area (Å²) in [6.07, 6.45) is 4.09. The van der Waals surface area contributed by atoms with Gasteiger partial charge in [0.05, 0.1) is 37.2 Å². The van der Waals surface area contributed by atoms with Gasteiger partial charge in [-0.05, 0) is 61.6 Å². The van der Waals surface area contributed by atoms with E-state index in [1.54, 1.807) is 19.2 Å². The van der Waals surface area contributed by atoms with E-state index in [-0.39, 0.29) is 12.1 Å². The Hall–Kier alpha value is -3.22. The van der Waals surface area contributed by atoms with Crippen LogP contribution in [-0.2, 0) is 4.74 Å². The lowest BCUT2D eigenvalue weighted by molar-refractivity contribution is 0.0600. The lowest BCUT2D eigenvalue weighted by atomic mass is 10.0. The molecule has 0 radical (unpaired) electrons. The maximum Gasteiger partial charge on any atom is 0.337 e. The number of nitrogens with one attached hydrogen (secondary N) is 1. The third-order valence-electron chi connectivity index (χ3n) is 6.10. The van der Waals surface area contributed by atoms with Gasteiger partial charge in [-0.25, -0.2) is 9.59 Å². The third kappa shape index (κ3) is 4.45. The second kappa shape index (κ2) is 9.29. The van der Waals surface area contributed by atoms with Crippen LogP contribution in [-0.4, -0.2) is 50.8 Å². The van der Waals surface area contributed by atoms with Gasteiger partial charge in [-0.1, -0.05) is 12.1 Å². The molecule has 2 aliphatic heterocycles. The van der Waals surface area contributed by atoms with E-state index < -0.39 is 5.97 Å². The number of nitrogens with zero attached hydrogens (tertiary/aromatic N) is 2. The molecule has 7 nitrogen and oxygen atoms in total. The maximum absolute atomic E-state index is 13.3. The molecule has 1 atom stereocenters. The van der Waals surface area contributed by atoms with Crippen molar-refractivity contribution in [1.29, 1.82) is 0 Å². The summed E-state index contributed by atoms with van der Waals surface area (Å²) >= 11 is 0. The highest BCUT2D eigenvalue weighted by atomic mass is 16.5. The number of rotatable bonds is 5. The highest BCUT2D eigenvalue weighted by Crippen LogP contribution is 2.35. The Morgan fingerprint density at radius 1 is 1.00 bits per heavy atom. The van der Waals surface area contributed by atoms with Crippen LogP contribution in [0.4, 0.5) is 16.2 Å². The molecule has 31 heavy (non-hydrogen) atoms. The summed E-state index contributed by atoms with van der Waals surface area (Å²) in [6, 6.07) is 13.1. The van der Waals surface area contributed by atoms with Crippen molar-refractivity contribution in [3.05, 3.63) is 53.6 Å². The highest BCUT2D eigenvalue weighted by molar-refractivity contribution is 5.97. The van der Waals surface area contributed by atoms with Crippen LogP contribution in [0, 0.1) is 0 Å². The molecule has 0 unspecified atom stereocenters. The van der Waals surface area contributed by atoms with Gasteiger partial charge in [-0.3, -0.25) is 0 Å². The van der Waals surface area contributed by atoms with E-state index in [0.717, 1.165) is 55.8 Å². The standard InChI is InChI=1S/C24H29N3O4/c1-30-19-8-5-7-17(15-19)21-9-6-14-27(21)24(29)25-20-16-18(23(28)31-2)10-11-22(20)26-12-3-4-13-26/h5,7-8,10-11,15-16,21H,3-4,6,9,12-14H2,1-2H3,(H,25,29)/t21-/m0/s1. The number of likely N-dealkylation sites (tertiary alicyclic amines) is 1. The number of methoxy groups -OCH3 is 2. The smallest absolute Gasteiger partial charge is 0.337 e. The van der Waals surface area contributed by atoms with Gasteiger partial charge in [0, 0.05) is 19.6 Å². The Morgan fingerprint density at radius 3 is 2.55 bits per heavy atom. The molecule has 2 aromatic rings. The fourth-order valence-corrected chi connectivity index (χ4v) is 4.51. The van der Waals surface area contributed by atoms with Crippen molar-refractivity contribution < 1.29 is 19.1 Å². The predicted molar refractivity (Wildman–Crippen MR) is 120 cm³/mol. The summed E-state index contributed by atoms with van der Waals surface area (Å²) in [7, 11) is 3.00. The summed E-state index contributed by atoms with van der Waals surface area (Å²) in [6.45, 7) is 2.57. The minimum atomic E-state index is -0.418. The van der Waals surface area contributed by atoms with Crippen molar-refractivity contribution in [3.63, 3.8) is 0 Å². The molecular formula is C24H29N3O4. The Kier molecular flexibility index (Phi) is 6.30. The normalized spacial score (nSPS) is 18.2. The molecule has 4 rings (SSSR count). The SMILES string of the molecule is COC(=O)c1ccc(N2CCCC2)c(NC(=O)N2CCC[C@H]2c2cccc(OC)c2)c1. The number of carbonyl (C=O) groups excluding carboxylic acids is 2. The molecule has 0 aliphatic carbocycles. The van der Waals surface area contributed by atoms with Crippen LogP contribution in [0.1, 0.15) is 47.6 Å². The van der Waals surface area contributed by atoms with Crippen LogP contribution in [0.25, 0.3) is 0 Å². The van der Waals surface area contributed by atoms with Crippen molar-refractivity contribution in [3.8, 4) is 5.75 Å². The number of urea groups is 1. The third-order valence-corrected chi connectivity index (χ3v) is 6.10. The van der Waals surface area contributed by atoms with E-state index in [0.29, 0.717) is 17.8 Å². The molecule has 2 amide bonds. The van der Waals surface area contributed by atoms with Gasteiger partial charge >= 0.3 is 12.0 Å². The predicted octanol–water partition coefficient (Wildman–Crippen LogP) is 4.45. The molecule has 2 fully saturated rings. The zero-order chi connectivity index (χ0) is 21.8. The van der Waals surface area contributed by atoms with Gasteiger partial charge in [-0.15, -0.1) is 0 Å². The Bertz CT molecular complexity index is 956. The molecule has 1 N–H and O–H groups in total. The van der Waals surface area contributed by atoms with E-state index in [1.165, 1.54) is 7.11 Å². The number of esters is 1. The fraction of sp³-hybridized carbons (Fsp3) is 0.417. The number of hydrogen-bond acceptors (Lipinski definition) is 5. The van der Waals surface area contributed by atoms with Crippen molar-refractivity contribution in [1.82, 2.24) is 4.90 Å². The molecule has 2 saturated heterocycles. The van der Waals surface area contributed by atoms with Crippen LogP contribution in [0.15, 0.2) is 42.5 Å². The van der Waals surface area contributed by atoms with Gasteiger partial charge in [0.25, 0.3) is 0 Å². The zero-order valence-corrected chi connectivity index (χ0v) is 18.1. The maximum atomic E-state index is 13.3. The zero-order valence-electron chi connectivity index (χ0n) is 18.1. The van der Waals surface area contributed by atoms with Crippen LogP contribution in [0.3, 0.4) is 0 Å². The summed E-state index contributed by atoms with van der Waals surface area (Å²) in [5, 5.41) is 3.08. The van der Waals surface area contributed by atoms with Crippen molar-refractivity contribution in [2.75, 3.05) is 44.1 Å². The first-order chi connectivity index (χ1) is 15.1. The molecule has 7 heteroatoms. The minimum Gasteiger partial charge on any atom is -0.497 e. The fourth-order valence-electron chi connectivity index (χ4n) is 4.51. The summed E-state index contributed by atoms with van der Waals surface area (Å²) in [5.41, 5.74) is 3.07. The Balaban J connectivity index is 1.59. The average molecular weight is 424 g/mol. The average Bonchev–Trinajstić information content (AvgIpc) is 3.51. The monoisotopic (exact) mass is 423 g/mol. The largest absolute Gasteiger partial charge is 0.497 e. The van der Waals surface area contributed by atoms with Gasteiger partial charge in [0.15, 0.2) is 0 Å². The second-order valence-electron chi connectivity index (χ2n) is 7.98. The first-order valence-corrected chi connectivity index (χ1v) is 10.8. The molecule has 2 aliphatic rings. The van der Waals surface area contributed by atoms with Gasteiger partial charge in [0.2, 0.25) is 0 Å². The van der Waals surface area contributed by atoms with E-state index in [9.17, 15) is 9.59 Å². The Morgan fingerprint density at radius 2 is 1.81 bits per heavy atom. The molecule has 2 aromatic carbocycles. The molecule has 164 valence electrons. The first-order valence-electron chi connectivity index (χ1n) is 10.8. The molecule has 0 aromatic heterocycles. The molecule has 0 bridgehead atoms. The van der Waals surface area contributed by atoms with Gasteiger partial charge < -0.3 is 24.6 Å². The van der Waals surface area contributed by atoms with E-state index in [2.05, 4.69) is 10.2 Å². The number of ether oxygens (including phenoxy) is 2. The van der Waals surface area contributed by atoms with E-state index >= 15 is 0 Å². The van der Waals surface area contributed by atoms with E-state index in [1.807, 2.05) is 35.2 Å². The van der Waals surface area contributed by atoms with Crippen LogP contribution >= 0.6 is 0 Å².